The Morgan fingerprint density at radius 1 is 1.06 bits per heavy atom. The number of rotatable bonds is 7. The van der Waals surface area contributed by atoms with Crippen LogP contribution >= 0.6 is 11.8 Å². The molecule has 32 heavy (non-hydrogen) atoms. The van der Waals surface area contributed by atoms with Gasteiger partial charge in [0.05, 0.1) is 24.1 Å². The first kappa shape index (κ1) is 21.5. The van der Waals surface area contributed by atoms with Gasteiger partial charge < -0.3 is 19.8 Å². The molecule has 2 heterocycles. The molecule has 162 valence electrons. The topological polar surface area (TPSA) is 84.7 Å². The van der Waals surface area contributed by atoms with E-state index < -0.39 is 0 Å². The lowest BCUT2D eigenvalue weighted by Gasteiger charge is -2.13. The lowest BCUT2D eigenvalue weighted by molar-refractivity contribution is -0.114. The van der Waals surface area contributed by atoms with E-state index in [4.69, 9.17) is 4.74 Å². The van der Waals surface area contributed by atoms with Crippen molar-refractivity contribution in [2.24, 2.45) is 0 Å². The summed E-state index contributed by atoms with van der Waals surface area (Å²) in [7, 11) is 1.52. The number of fused-ring (bicyclic) bond motifs is 1. The molecule has 0 aliphatic rings. The molecule has 4 aromatic rings. The van der Waals surface area contributed by atoms with Gasteiger partial charge in [-0.3, -0.25) is 9.59 Å². The van der Waals surface area contributed by atoms with Gasteiger partial charge in [-0.25, -0.2) is 4.98 Å². The monoisotopic (exact) mass is 446 g/mol. The van der Waals surface area contributed by atoms with Gasteiger partial charge in [-0.1, -0.05) is 18.2 Å². The summed E-state index contributed by atoms with van der Waals surface area (Å²) in [4.78, 5) is 29.9. The molecule has 0 aliphatic heterocycles. The zero-order valence-electron chi connectivity index (χ0n) is 17.7. The highest BCUT2D eigenvalue weighted by atomic mass is 32.2. The minimum Gasteiger partial charge on any atom is -0.495 e. The van der Waals surface area contributed by atoms with E-state index in [0.29, 0.717) is 28.4 Å². The van der Waals surface area contributed by atoms with Crippen LogP contribution in [0.25, 0.3) is 5.65 Å². The van der Waals surface area contributed by atoms with Crippen molar-refractivity contribution < 1.29 is 14.3 Å². The third-order valence-corrected chi connectivity index (χ3v) is 5.80. The van der Waals surface area contributed by atoms with Gasteiger partial charge in [0.2, 0.25) is 5.91 Å². The van der Waals surface area contributed by atoms with Gasteiger partial charge in [0.15, 0.2) is 0 Å². The second kappa shape index (κ2) is 9.57. The summed E-state index contributed by atoms with van der Waals surface area (Å²) in [6, 6.07) is 18.4. The standard InChI is InChI=1S/C24H22N4O3S/c1-16(29)25-20-13-17(10-11-21(20)31-2)27-24(30)19-7-3-4-8-22(19)32-15-18-14-28-12-6-5-9-23(28)26-18/h3-14H,15H2,1-2H3,(H,25,29)(H,27,30). The van der Waals surface area contributed by atoms with Gasteiger partial charge in [0, 0.05) is 35.7 Å². The normalized spacial score (nSPS) is 10.7. The molecule has 7 nitrogen and oxygen atoms in total. The van der Waals surface area contributed by atoms with Gasteiger partial charge in [0.25, 0.3) is 5.91 Å². The first-order chi connectivity index (χ1) is 15.5. The molecule has 0 atom stereocenters. The number of anilines is 2. The number of carbonyl (C=O) groups is 2. The van der Waals surface area contributed by atoms with Crippen molar-refractivity contribution in [1.82, 2.24) is 9.38 Å². The van der Waals surface area contributed by atoms with Crippen molar-refractivity contribution in [1.29, 1.82) is 0 Å². The number of benzene rings is 2. The third kappa shape index (κ3) is 4.92. The zero-order chi connectivity index (χ0) is 22.5. The number of nitrogens with zero attached hydrogens (tertiary/aromatic N) is 2. The fourth-order valence-corrected chi connectivity index (χ4v) is 4.19. The highest BCUT2D eigenvalue weighted by Crippen LogP contribution is 2.30. The lowest BCUT2D eigenvalue weighted by atomic mass is 10.2. The Labute approximate surface area is 189 Å². The van der Waals surface area contributed by atoms with Gasteiger partial charge in [-0.15, -0.1) is 11.8 Å². The van der Waals surface area contributed by atoms with Gasteiger partial charge in [0.1, 0.15) is 11.4 Å². The van der Waals surface area contributed by atoms with E-state index in [1.165, 1.54) is 14.0 Å². The summed E-state index contributed by atoms with van der Waals surface area (Å²) in [5.41, 5.74) is 3.44. The molecule has 2 amide bonds. The Hall–Kier alpha value is -3.78. The van der Waals surface area contributed by atoms with E-state index in [-0.39, 0.29) is 11.8 Å². The Kier molecular flexibility index (Phi) is 6.42. The molecular weight excluding hydrogens is 424 g/mol. The van der Waals surface area contributed by atoms with Crippen LogP contribution in [0.1, 0.15) is 23.0 Å². The molecule has 2 aromatic heterocycles. The molecule has 8 heteroatoms. The van der Waals surface area contributed by atoms with E-state index in [1.54, 1.807) is 36.0 Å². The predicted molar refractivity (Wildman–Crippen MR) is 126 cm³/mol. The Bertz CT molecular complexity index is 1250. The Morgan fingerprint density at radius 3 is 2.66 bits per heavy atom. The number of aromatic nitrogens is 2. The Balaban J connectivity index is 1.50. The van der Waals surface area contributed by atoms with E-state index in [2.05, 4.69) is 15.6 Å². The quantitative estimate of drug-likeness (QED) is 0.397. The van der Waals surface area contributed by atoms with Crippen molar-refractivity contribution in [3.8, 4) is 5.75 Å². The van der Waals surface area contributed by atoms with Crippen LogP contribution < -0.4 is 15.4 Å². The third-order valence-electron chi connectivity index (χ3n) is 4.69. The summed E-state index contributed by atoms with van der Waals surface area (Å²) in [6.45, 7) is 1.42. The molecule has 0 unspecified atom stereocenters. The van der Waals surface area contributed by atoms with Crippen LogP contribution in [0, 0.1) is 0 Å². The fraction of sp³-hybridized carbons (Fsp3) is 0.125. The smallest absolute Gasteiger partial charge is 0.256 e. The first-order valence-corrected chi connectivity index (χ1v) is 10.9. The Morgan fingerprint density at radius 2 is 1.88 bits per heavy atom. The van der Waals surface area contributed by atoms with E-state index in [1.807, 2.05) is 53.2 Å². The molecule has 4 rings (SSSR count). The summed E-state index contributed by atoms with van der Waals surface area (Å²) in [6.07, 6.45) is 3.95. The summed E-state index contributed by atoms with van der Waals surface area (Å²) < 4.78 is 7.24. The van der Waals surface area contributed by atoms with Crippen molar-refractivity contribution in [3.05, 3.63) is 84.3 Å². The molecule has 0 fully saturated rings. The predicted octanol–water partition coefficient (Wildman–Crippen LogP) is 4.85. The average molecular weight is 447 g/mol. The van der Waals surface area contributed by atoms with E-state index in [0.717, 1.165) is 16.2 Å². The molecule has 0 saturated carbocycles. The van der Waals surface area contributed by atoms with Crippen LogP contribution in [0.15, 0.2) is 78.0 Å². The largest absolute Gasteiger partial charge is 0.495 e. The average Bonchev–Trinajstić information content (AvgIpc) is 3.21. The molecule has 2 aromatic carbocycles. The zero-order valence-corrected chi connectivity index (χ0v) is 18.5. The molecule has 2 N–H and O–H groups in total. The lowest BCUT2D eigenvalue weighted by Crippen LogP contribution is -2.14. The van der Waals surface area contributed by atoms with Crippen LogP contribution in [0.3, 0.4) is 0 Å². The number of ether oxygens (including phenoxy) is 1. The maximum Gasteiger partial charge on any atom is 0.256 e. The molecule has 0 radical (unpaired) electrons. The SMILES string of the molecule is COc1ccc(NC(=O)c2ccccc2SCc2cn3ccccc3n2)cc1NC(C)=O. The maximum absolute atomic E-state index is 13.0. The number of hydrogen-bond donors (Lipinski definition) is 2. The number of methoxy groups -OCH3 is 1. The van der Waals surface area contributed by atoms with Crippen LogP contribution in [-0.4, -0.2) is 28.3 Å². The second-order valence-electron chi connectivity index (χ2n) is 7.03. The van der Waals surface area contributed by atoms with Crippen molar-refractivity contribution >= 4 is 40.6 Å². The van der Waals surface area contributed by atoms with Gasteiger partial charge in [-0.2, -0.15) is 0 Å². The molecule has 0 spiro atoms. The first-order valence-electron chi connectivity index (χ1n) is 9.95. The fourth-order valence-electron chi connectivity index (χ4n) is 3.26. The molecule has 0 aliphatic carbocycles. The minimum absolute atomic E-state index is 0.222. The summed E-state index contributed by atoms with van der Waals surface area (Å²) in [5, 5.41) is 5.61. The van der Waals surface area contributed by atoms with Crippen LogP contribution in [0.5, 0.6) is 5.75 Å². The summed E-state index contributed by atoms with van der Waals surface area (Å²) >= 11 is 1.56. The molecule has 0 bridgehead atoms. The van der Waals surface area contributed by atoms with Gasteiger partial charge >= 0.3 is 0 Å². The van der Waals surface area contributed by atoms with Crippen molar-refractivity contribution in [3.63, 3.8) is 0 Å². The number of carbonyl (C=O) groups excluding carboxylic acids is 2. The van der Waals surface area contributed by atoms with Crippen molar-refractivity contribution in [2.45, 2.75) is 17.6 Å². The molecular formula is C24H22N4O3S. The highest BCUT2D eigenvalue weighted by molar-refractivity contribution is 7.98. The molecule has 0 saturated heterocycles. The number of pyridine rings is 1. The number of nitrogens with one attached hydrogen (secondary N) is 2. The van der Waals surface area contributed by atoms with Crippen molar-refractivity contribution in [2.75, 3.05) is 17.7 Å². The van der Waals surface area contributed by atoms with E-state index >= 15 is 0 Å². The highest BCUT2D eigenvalue weighted by Gasteiger charge is 2.14. The van der Waals surface area contributed by atoms with Crippen LogP contribution in [0.2, 0.25) is 0 Å². The minimum atomic E-state index is -0.234. The van der Waals surface area contributed by atoms with Crippen LogP contribution in [0.4, 0.5) is 11.4 Å². The van der Waals surface area contributed by atoms with Gasteiger partial charge in [-0.05, 0) is 42.5 Å². The second-order valence-corrected chi connectivity index (χ2v) is 8.05. The number of thioether (sulfide) groups is 1. The number of hydrogen-bond acceptors (Lipinski definition) is 5. The van der Waals surface area contributed by atoms with E-state index in [9.17, 15) is 9.59 Å². The maximum atomic E-state index is 13.0. The van der Waals surface area contributed by atoms with Crippen LogP contribution in [-0.2, 0) is 10.5 Å². The number of amides is 2. The summed E-state index contributed by atoms with van der Waals surface area (Å²) in [5.74, 6) is 0.699. The number of imidazole rings is 1.